The summed E-state index contributed by atoms with van der Waals surface area (Å²) in [5.74, 6) is 2.79. The number of fused-ring (bicyclic) bond motifs is 1. The van der Waals surface area contributed by atoms with Crippen LogP contribution in [0.1, 0.15) is 50.6 Å². The van der Waals surface area contributed by atoms with E-state index in [4.69, 9.17) is 14.5 Å². The molecule has 0 saturated carbocycles. The van der Waals surface area contributed by atoms with Gasteiger partial charge in [-0.05, 0) is 66.6 Å². The smallest absolute Gasteiger partial charge is 0.147 e. The van der Waals surface area contributed by atoms with Crippen LogP contribution in [0.25, 0.3) is 11.0 Å². The van der Waals surface area contributed by atoms with E-state index in [1.807, 2.05) is 24.3 Å². The Morgan fingerprint density at radius 1 is 0.818 bits per heavy atom. The number of imidazole rings is 1. The summed E-state index contributed by atoms with van der Waals surface area (Å²) in [6.07, 6.45) is 1.99. The van der Waals surface area contributed by atoms with E-state index < -0.39 is 0 Å². The van der Waals surface area contributed by atoms with Crippen molar-refractivity contribution in [1.29, 1.82) is 0 Å². The van der Waals surface area contributed by atoms with Gasteiger partial charge < -0.3 is 14.0 Å². The average molecular weight is 443 g/mol. The third-order valence-corrected chi connectivity index (χ3v) is 5.95. The number of ether oxygens (including phenoxy) is 2. The van der Waals surface area contributed by atoms with Crippen molar-refractivity contribution in [3.05, 3.63) is 89.7 Å². The molecular weight excluding hydrogens is 408 g/mol. The normalized spacial score (nSPS) is 11.6. The summed E-state index contributed by atoms with van der Waals surface area (Å²) in [6, 6.07) is 24.9. The quantitative estimate of drug-likeness (QED) is 0.260. The molecular formula is C29H34N2O2. The molecule has 0 spiro atoms. The second kappa shape index (κ2) is 10.1. The topological polar surface area (TPSA) is 36.3 Å². The zero-order valence-corrected chi connectivity index (χ0v) is 20.2. The second-order valence-electron chi connectivity index (χ2n) is 9.55. The van der Waals surface area contributed by atoms with Gasteiger partial charge >= 0.3 is 0 Å². The number of para-hydroxylation sites is 3. The number of unbranched alkanes of at least 4 members (excludes halogenated alkanes) is 1. The summed E-state index contributed by atoms with van der Waals surface area (Å²) in [4.78, 5) is 4.84. The van der Waals surface area contributed by atoms with Crippen LogP contribution in [0.15, 0.2) is 72.8 Å². The van der Waals surface area contributed by atoms with Crippen molar-refractivity contribution in [1.82, 2.24) is 9.55 Å². The Labute approximate surface area is 197 Å². The van der Waals surface area contributed by atoms with Crippen LogP contribution < -0.4 is 9.47 Å². The summed E-state index contributed by atoms with van der Waals surface area (Å²) < 4.78 is 14.4. The maximum Gasteiger partial charge on any atom is 0.147 e. The van der Waals surface area contributed by atoms with E-state index in [2.05, 4.69) is 80.8 Å². The van der Waals surface area contributed by atoms with Gasteiger partial charge in [-0.3, -0.25) is 0 Å². The number of aryl methyl sites for hydroxylation is 2. The van der Waals surface area contributed by atoms with E-state index in [9.17, 15) is 0 Å². The maximum absolute atomic E-state index is 6.10. The van der Waals surface area contributed by atoms with Crippen LogP contribution in [0.2, 0.25) is 0 Å². The molecule has 0 aliphatic carbocycles. The minimum atomic E-state index is 0.159. The third-order valence-electron chi connectivity index (χ3n) is 5.95. The van der Waals surface area contributed by atoms with Crippen molar-refractivity contribution in [2.45, 2.75) is 59.1 Å². The summed E-state index contributed by atoms with van der Waals surface area (Å²) in [7, 11) is 0. The molecule has 4 heteroatoms. The van der Waals surface area contributed by atoms with E-state index >= 15 is 0 Å². The van der Waals surface area contributed by atoms with Crippen LogP contribution >= 0.6 is 0 Å². The molecule has 0 amide bonds. The number of hydrogen-bond acceptors (Lipinski definition) is 3. The number of rotatable bonds is 9. The molecule has 4 aromatic rings. The number of nitrogens with zero attached hydrogens (tertiary/aromatic N) is 2. The van der Waals surface area contributed by atoms with Gasteiger partial charge in [0.2, 0.25) is 0 Å². The molecule has 0 aliphatic heterocycles. The highest BCUT2D eigenvalue weighted by Gasteiger charge is 2.13. The van der Waals surface area contributed by atoms with E-state index in [-0.39, 0.29) is 5.41 Å². The van der Waals surface area contributed by atoms with Gasteiger partial charge in [0.15, 0.2) is 0 Å². The number of aromatic nitrogens is 2. The molecule has 1 heterocycles. The summed E-state index contributed by atoms with van der Waals surface area (Å²) in [5, 5.41) is 0. The fourth-order valence-corrected chi connectivity index (χ4v) is 3.96. The first-order valence-electron chi connectivity index (χ1n) is 11.8. The van der Waals surface area contributed by atoms with Gasteiger partial charge in [0.25, 0.3) is 0 Å². The van der Waals surface area contributed by atoms with E-state index in [1.54, 1.807) is 0 Å². The molecule has 0 unspecified atom stereocenters. The molecule has 3 aromatic carbocycles. The van der Waals surface area contributed by atoms with Crippen LogP contribution in [0.5, 0.6) is 11.5 Å². The van der Waals surface area contributed by atoms with Crippen molar-refractivity contribution in [3.8, 4) is 11.5 Å². The van der Waals surface area contributed by atoms with Crippen LogP contribution in [-0.2, 0) is 18.6 Å². The molecule has 0 bridgehead atoms. The van der Waals surface area contributed by atoms with Crippen LogP contribution in [0, 0.1) is 6.92 Å². The molecule has 0 aliphatic rings. The second-order valence-corrected chi connectivity index (χ2v) is 9.55. The lowest BCUT2D eigenvalue weighted by molar-refractivity contribution is 0.283. The fourth-order valence-electron chi connectivity index (χ4n) is 3.96. The highest BCUT2D eigenvalue weighted by Crippen LogP contribution is 2.25. The van der Waals surface area contributed by atoms with E-state index in [0.29, 0.717) is 13.2 Å². The largest absolute Gasteiger partial charge is 0.494 e. The summed E-state index contributed by atoms with van der Waals surface area (Å²) in [6.45, 7) is 10.8. The first-order chi connectivity index (χ1) is 15.9. The maximum atomic E-state index is 6.10. The minimum Gasteiger partial charge on any atom is -0.494 e. The first-order valence-corrected chi connectivity index (χ1v) is 11.8. The number of benzene rings is 3. The van der Waals surface area contributed by atoms with Crippen LogP contribution in [0.4, 0.5) is 0 Å². The highest BCUT2D eigenvalue weighted by molar-refractivity contribution is 5.75. The zero-order valence-electron chi connectivity index (χ0n) is 20.2. The van der Waals surface area contributed by atoms with Crippen molar-refractivity contribution < 1.29 is 9.47 Å². The lowest BCUT2D eigenvalue weighted by atomic mass is 9.87. The molecule has 0 saturated heterocycles. The Morgan fingerprint density at radius 2 is 1.55 bits per heavy atom. The SMILES string of the molecule is Cc1ccccc1OCc1nc2ccccc2n1CCCCOc1ccc(C(C)(C)C)cc1. The standard InChI is InChI=1S/C29H34N2O2/c1-22-11-5-8-14-27(22)33-21-28-30-25-12-6-7-13-26(25)31(28)19-9-10-20-32-24-17-15-23(16-18-24)29(2,3)4/h5-8,11-18H,9-10,19-21H2,1-4H3. The fraction of sp³-hybridized carbons (Fsp3) is 0.345. The molecule has 0 radical (unpaired) electrons. The van der Waals surface area contributed by atoms with E-state index in [0.717, 1.165) is 53.3 Å². The van der Waals surface area contributed by atoms with Gasteiger partial charge in [-0.15, -0.1) is 0 Å². The lowest BCUT2D eigenvalue weighted by Gasteiger charge is -2.19. The summed E-state index contributed by atoms with van der Waals surface area (Å²) in [5.41, 5.74) is 4.78. The van der Waals surface area contributed by atoms with Gasteiger partial charge in [0.1, 0.15) is 23.9 Å². The van der Waals surface area contributed by atoms with Gasteiger partial charge in [-0.1, -0.05) is 63.2 Å². The van der Waals surface area contributed by atoms with Crippen molar-refractivity contribution >= 4 is 11.0 Å². The third kappa shape index (κ3) is 5.75. The first kappa shape index (κ1) is 22.9. The van der Waals surface area contributed by atoms with Gasteiger partial charge in [0.05, 0.1) is 17.6 Å². The monoisotopic (exact) mass is 442 g/mol. The van der Waals surface area contributed by atoms with Crippen molar-refractivity contribution in [3.63, 3.8) is 0 Å². The Balaban J connectivity index is 1.35. The Bertz CT molecular complexity index is 1190. The Kier molecular flexibility index (Phi) is 7.02. The Hall–Kier alpha value is -3.27. The summed E-state index contributed by atoms with van der Waals surface area (Å²) >= 11 is 0. The van der Waals surface area contributed by atoms with Crippen molar-refractivity contribution in [2.24, 2.45) is 0 Å². The van der Waals surface area contributed by atoms with Crippen LogP contribution in [0.3, 0.4) is 0 Å². The lowest BCUT2D eigenvalue weighted by Crippen LogP contribution is -2.10. The molecule has 172 valence electrons. The average Bonchev–Trinajstić information content (AvgIpc) is 3.15. The molecule has 1 aromatic heterocycles. The number of hydrogen-bond donors (Lipinski definition) is 0. The zero-order chi connectivity index (χ0) is 23.3. The van der Waals surface area contributed by atoms with Gasteiger partial charge in [-0.2, -0.15) is 0 Å². The van der Waals surface area contributed by atoms with Crippen molar-refractivity contribution in [2.75, 3.05) is 6.61 Å². The van der Waals surface area contributed by atoms with Crippen LogP contribution in [-0.4, -0.2) is 16.2 Å². The minimum absolute atomic E-state index is 0.159. The predicted molar refractivity (Wildman–Crippen MR) is 135 cm³/mol. The molecule has 4 nitrogen and oxygen atoms in total. The highest BCUT2D eigenvalue weighted by atomic mass is 16.5. The Morgan fingerprint density at radius 3 is 2.30 bits per heavy atom. The van der Waals surface area contributed by atoms with Gasteiger partial charge in [0, 0.05) is 6.54 Å². The molecule has 4 rings (SSSR count). The van der Waals surface area contributed by atoms with E-state index in [1.165, 1.54) is 5.56 Å². The predicted octanol–water partition coefficient (Wildman–Crippen LogP) is 7.08. The molecule has 0 atom stereocenters. The molecule has 33 heavy (non-hydrogen) atoms. The van der Waals surface area contributed by atoms with Gasteiger partial charge in [-0.25, -0.2) is 4.98 Å². The molecule has 0 N–H and O–H groups in total. The molecule has 0 fully saturated rings.